The van der Waals surface area contributed by atoms with Gasteiger partial charge in [-0.3, -0.25) is 10.1 Å². The van der Waals surface area contributed by atoms with Crippen LogP contribution < -0.4 is 9.47 Å². The Labute approximate surface area is 169 Å². The number of nitrogens with zero attached hydrogens (tertiary/aromatic N) is 4. The molecule has 146 valence electrons. The van der Waals surface area contributed by atoms with E-state index in [0.29, 0.717) is 29.2 Å². The molecule has 0 atom stereocenters. The van der Waals surface area contributed by atoms with E-state index in [4.69, 9.17) is 21.7 Å². The molecule has 0 bridgehead atoms. The number of nitro groups is 1. The molecule has 11 heteroatoms. The molecule has 0 spiro atoms. The van der Waals surface area contributed by atoms with Gasteiger partial charge in [0.2, 0.25) is 10.5 Å². The second-order valence-electron chi connectivity index (χ2n) is 5.56. The topological polar surface area (TPSA) is 108 Å². The zero-order chi connectivity index (χ0) is 20.1. The lowest BCUT2D eigenvalue weighted by Crippen LogP contribution is -2.03. The summed E-state index contributed by atoms with van der Waals surface area (Å²) in [4.78, 5) is 11.9. The molecule has 2 heterocycles. The van der Waals surface area contributed by atoms with Gasteiger partial charge < -0.3 is 9.47 Å². The first-order chi connectivity index (χ1) is 13.5. The first kappa shape index (κ1) is 19.7. The summed E-state index contributed by atoms with van der Waals surface area (Å²) in [6.07, 6.45) is 2.18. The van der Waals surface area contributed by atoms with Gasteiger partial charge in [-0.25, -0.2) is 5.10 Å². The molecule has 2 aromatic heterocycles. The molecule has 0 saturated heterocycles. The van der Waals surface area contributed by atoms with E-state index < -0.39 is 4.92 Å². The monoisotopic (exact) mass is 419 g/mol. The predicted octanol–water partition coefficient (Wildman–Crippen LogP) is 4.26. The summed E-state index contributed by atoms with van der Waals surface area (Å²) in [5.41, 5.74) is 0.274. The largest absolute Gasteiger partial charge is 0.493 e. The lowest BCUT2D eigenvalue weighted by atomic mass is 10.2. The Balaban J connectivity index is 2.01. The summed E-state index contributed by atoms with van der Waals surface area (Å²) in [6, 6.07) is 6.80. The summed E-state index contributed by atoms with van der Waals surface area (Å²) >= 11 is 6.73. The molecule has 3 rings (SSSR count). The van der Waals surface area contributed by atoms with Crippen LogP contribution in [0.15, 0.2) is 34.7 Å². The lowest BCUT2D eigenvalue weighted by Gasteiger charge is -2.11. The Morgan fingerprint density at radius 3 is 2.96 bits per heavy atom. The van der Waals surface area contributed by atoms with Crippen molar-refractivity contribution in [3.8, 4) is 22.2 Å². The zero-order valence-electron chi connectivity index (χ0n) is 15.1. The van der Waals surface area contributed by atoms with E-state index in [1.54, 1.807) is 6.07 Å². The van der Waals surface area contributed by atoms with Crippen molar-refractivity contribution in [3.63, 3.8) is 0 Å². The number of thiophene rings is 1. The van der Waals surface area contributed by atoms with Crippen LogP contribution in [-0.2, 0) is 0 Å². The van der Waals surface area contributed by atoms with E-state index in [0.717, 1.165) is 4.88 Å². The van der Waals surface area contributed by atoms with Gasteiger partial charge in [0.25, 0.3) is 0 Å². The summed E-state index contributed by atoms with van der Waals surface area (Å²) in [5, 5.41) is 24.6. The molecule has 0 amide bonds. The first-order valence-corrected chi connectivity index (χ1v) is 9.58. The van der Waals surface area contributed by atoms with Crippen LogP contribution in [0.4, 0.5) is 5.69 Å². The lowest BCUT2D eigenvalue weighted by molar-refractivity contribution is -0.386. The minimum atomic E-state index is -0.508. The summed E-state index contributed by atoms with van der Waals surface area (Å²) in [5.74, 6) is 0.921. The molecule has 28 heavy (non-hydrogen) atoms. The molecule has 0 aliphatic carbocycles. The van der Waals surface area contributed by atoms with Crippen molar-refractivity contribution in [1.82, 2.24) is 14.9 Å². The Kier molecular flexibility index (Phi) is 6.16. The number of benzene rings is 1. The Hall–Kier alpha value is -3.05. The molecule has 9 nitrogen and oxygen atoms in total. The Morgan fingerprint density at radius 1 is 1.50 bits per heavy atom. The molecule has 0 aliphatic heterocycles. The first-order valence-electron chi connectivity index (χ1n) is 8.30. The van der Waals surface area contributed by atoms with Crippen molar-refractivity contribution in [3.05, 3.63) is 50.1 Å². The third-order valence-corrected chi connectivity index (χ3v) is 4.77. The quantitative estimate of drug-likeness (QED) is 0.253. The third-order valence-electron chi connectivity index (χ3n) is 3.64. The van der Waals surface area contributed by atoms with Gasteiger partial charge in [0.1, 0.15) is 0 Å². The van der Waals surface area contributed by atoms with Gasteiger partial charge in [0.15, 0.2) is 11.6 Å². The number of ether oxygens (including phenoxy) is 2. The highest BCUT2D eigenvalue weighted by Crippen LogP contribution is 2.38. The average molecular weight is 419 g/mol. The van der Waals surface area contributed by atoms with Gasteiger partial charge >= 0.3 is 5.69 Å². The normalized spacial score (nSPS) is 11.1. The minimum Gasteiger partial charge on any atom is -0.493 e. The van der Waals surface area contributed by atoms with Crippen molar-refractivity contribution < 1.29 is 14.4 Å². The van der Waals surface area contributed by atoms with E-state index in [-0.39, 0.29) is 17.2 Å². The van der Waals surface area contributed by atoms with Crippen molar-refractivity contribution in [2.24, 2.45) is 5.10 Å². The van der Waals surface area contributed by atoms with Crippen LogP contribution in [0.25, 0.3) is 10.7 Å². The van der Waals surface area contributed by atoms with Gasteiger partial charge in [-0.1, -0.05) is 13.0 Å². The number of nitro benzene ring substituents is 1. The van der Waals surface area contributed by atoms with Crippen LogP contribution in [0.1, 0.15) is 18.9 Å². The van der Waals surface area contributed by atoms with Gasteiger partial charge in [0, 0.05) is 11.6 Å². The van der Waals surface area contributed by atoms with E-state index in [1.807, 2.05) is 24.4 Å². The molecular weight excluding hydrogens is 402 g/mol. The van der Waals surface area contributed by atoms with Crippen LogP contribution in [0.5, 0.6) is 11.5 Å². The Bertz CT molecular complexity index is 1060. The SMILES string of the molecule is CCCOc1c(OC)cc(/C=N\n2c(-c3cccs3)n[nH]c2=S)cc1[N+](=O)[O-]. The zero-order valence-corrected chi connectivity index (χ0v) is 16.7. The number of rotatable bonds is 8. The number of H-pyrrole nitrogens is 1. The average Bonchev–Trinajstić information content (AvgIpc) is 3.34. The number of nitrogens with one attached hydrogen (secondary N) is 1. The van der Waals surface area contributed by atoms with Crippen molar-refractivity contribution in [2.45, 2.75) is 13.3 Å². The second-order valence-corrected chi connectivity index (χ2v) is 6.90. The van der Waals surface area contributed by atoms with Crippen LogP contribution in [0.2, 0.25) is 0 Å². The number of hydrogen-bond acceptors (Lipinski definition) is 8. The van der Waals surface area contributed by atoms with Crippen molar-refractivity contribution >= 4 is 35.5 Å². The van der Waals surface area contributed by atoms with Crippen LogP contribution in [0.3, 0.4) is 0 Å². The second kappa shape index (κ2) is 8.76. The number of hydrogen-bond donors (Lipinski definition) is 1. The molecule has 1 N–H and O–H groups in total. The highest BCUT2D eigenvalue weighted by atomic mass is 32.1. The standard InChI is InChI=1S/C17H17N5O4S2/c1-3-6-26-15-12(22(23)24)8-11(9-13(15)25-2)10-18-21-16(19-20-17(21)27)14-5-4-7-28-14/h4-5,7-10H,3,6H2,1-2H3,(H,20,27)/b18-10-. The minimum absolute atomic E-state index is 0.102. The molecule has 0 aliphatic rings. The van der Waals surface area contributed by atoms with Crippen LogP contribution in [-0.4, -0.2) is 39.7 Å². The number of aromatic nitrogens is 3. The van der Waals surface area contributed by atoms with E-state index in [1.165, 1.54) is 35.4 Å². The highest BCUT2D eigenvalue weighted by Gasteiger charge is 2.22. The number of methoxy groups -OCH3 is 1. The Morgan fingerprint density at radius 2 is 2.32 bits per heavy atom. The number of aromatic amines is 1. The highest BCUT2D eigenvalue weighted by molar-refractivity contribution is 7.71. The van der Waals surface area contributed by atoms with Gasteiger partial charge in [-0.15, -0.1) is 11.3 Å². The predicted molar refractivity (Wildman–Crippen MR) is 109 cm³/mol. The van der Waals surface area contributed by atoms with Crippen LogP contribution in [0, 0.1) is 14.9 Å². The summed E-state index contributed by atoms with van der Waals surface area (Å²) < 4.78 is 12.6. The maximum atomic E-state index is 11.5. The maximum Gasteiger partial charge on any atom is 0.315 e. The third kappa shape index (κ3) is 4.10. The van der Waals surface area contributed by atoms with Crippen LogP contribution >= 0.6 is 23.6 Å². The smallest absolute Gasteiger partial charge is 0.315 e. The fourth-order valence-corrected chi connectivity index (χ4v) is 3.29. The van der Waals surface area contributed by atoms with Crippen molar-refractivity contribution in [1.29, 1.82) is 0 Å². The molecule has 3 aromatic rings. The van der Waals surface area contributed by atoms with E-state index in [9.17, 15) is 10.1 Å². The maximum absolute atomic E-state index is 11.5. The fourth-order valence-electron chi connectivity index (χ4n) is 2.41. The molecule has 0 fully saturated rings. The fraction of sp³-hybridized carbons (Fsp3) is 0.235. The van der Waals surface area contributed by atoms with Gasteiger partial charge in [-0.2, -0.15) is 14.9 Å². The molecule has 0 radical (unpaired) electrons. The van der Waals surface area contributed by atoms with E-state index >= 15 is 0 Å². The molecular formula is C17H17N5O4S2. The van der Waals surface area contributed by atoms with Gasteiger partial charge in [-0.05, 0) is 36.2 Å². The summed E-state index contributed by atoms with van der Waals surface area (Å²) in [7, 11) is 1.43. The van der Waals surface area contributed by atoms with E-state index in [2.05, 4.69) is 15.3 Å². The molecule has 0 unspecified atom stereocenters. The van der Waals surface area contributed by atoms with Gasteiger partial charge in [0.05, 0.1) is 29.7 Å². The molecule has 0 saturated carbocycles. The summed E-state index contributed by atoms with van der Waals surface area (Å²) in [6.45, 7) is 2.26. The van der Waals surface area contributed by atoms with Crippen molar-refractivity contribution in [2.75, 3.05) is 13.7 Å². The molecule has 1 aromatic carbocycles.